The van der Waals surface area contributed by atoms with Crippen molar-refractivity contribution in [2.45, 2.75) is 5.88 Å². The third-order valence-electron chi connectivity index (χ3n) is 2.70. The van der Waals surface area contributed by atoms with Crippen molar-refractivity contribution in [2.75, 3.05) is 5.32 Å². The Balaban J connectivity index is 1.96. The number of para-hydroxylation sites is 3. The van der Waals surface area contributed by atoms with E-state index in [4.69, 9.17) is 16.0 Å². The summed E-state index contributed by atoms with van der Waals surface area (Å²) in [6, 6.07) is 16.0. The van der Waals surface area contributed by atoms with E-state index in [2.05, 4.69) is 10.3 Å². The van der Waals surface area contributed by atoms with Crippen LogP contribution in [0.5, 0.6) is 0 Å². The molecule has 0 bridgehead atoms. The van der Waals surface area contributed by atoms with Crippen molar-refractivity contribution in [3.05, 3.63) is 54.1 Å². The van der Waals surface area contributed by atoms with Crippen LogP contribution in [0.15, 0.2) is 52.9 Å². The van der Waals surface area contributed by atoms with Gasteiger partial charge in [-0.1, -0.05) is 30.3 Å². The SMILES string of the molecule is ClCc1ccccc1Nc1nc2ccccc2o1. The number of alkyl halides is 1. The summed E-state index contributed by atoms with van der Waals surface area (Å²) in [4.78, 5) is 4.36. The maximum absolute atomic E-state index is 5.89. The topological polar surface area (TPSA) is 38.1 Å². The molecular weight excluding hydrogens is 248 g/mol. The molecule has 0 aliphatic rings. The third-order valence-corrected chi connectivity index (χ3v) is 2.98. The molecule has 4 heteroatoms. The van der Waals surface area contributed by atoms with Crippen LogP contribution in [-0.4, -0.2) is 4.98 Å². The smallest absolute Gasteiger partial charge is 0.300 e. The second-order valence-electron chi connectivity index (χ2n) is 3.90. The van der Waals surface area contributed by atoms with Crippen LogP contribution in [0.25, 0.3) is 11.1 Å². The molecule has 0 spiro atoms. The molecule has 1 aromatic heterocycles. The highest BCUT2D eigenvalue weighted by atomic mass is 35.5. The van der Waals surface area contributed by atoms with Gasteiger partial charge in [0, 0.05) is 11.6 Å². The lowest BCUT2D eigenvalue weighted by atomic mass is 10.2. The predicted molar refractivity (Wildman–Crippen MR) is 73.3 cm³/mol. The van der Waals surface area contributed by atoms with E-state index in [0.29, 0.717) is 11.9 Å². The lowest BCUT2D eigenvalue weighted by Gasteiger charge is -2.05. The Kier molecular flexibility index (Phi) is 2.90. The average Bonchev–Trinajstić information content (AvgIpc) is 2.81. The Hall–Kier alpha value is -2.00. The van der Waals surface area contributed by atoms with Crippen molar-refractivity contribution in [2.24, 2.45) is 0 Å². The van der Waals surface area contributed by atoms with Crippen LogP contribution < -0.4 is 5.32 Å². The monoisotopic (exact) mass is 258 g/mol. The van der Waals surface area contributed by atoms with Crippen molar-refractivity contribution >= 4 is 34.4 Å². The van der Waals surface area contributed by atoms with Gasteiger partial charge in [0.2, 0.25) is 0 Å². The first kappa shape index (κ1) is 11.1. The summed E-state index contributed by atoms with van der Waals surface area (Å²) in [6.45, 7) is 0. The van der Waals surface area contributed by atoms with Gasteiger partial charge in [0.15, 0.2) is 5.58 Å². The molecule has 3 rings (SSSR count). The van der Waals surface area contributed by atoms with Gasteiger partial charge < -0.3 is 9.73 Å². The lowest BCUT2D eigenvalue weighted by molar-refractivity contribution is 0.623. The number of nitrogens with one attached hydrogen (secondary N) is 1. The molecule has 0 saturated heterocycles. The Bertz CT molecular complexity index is 645. The Morgan fingerprint density at radius 1 is 1.06 bits per heavy atom. The highest BCUT2D eigenvalue weighted by molar-refractivity contribution is 6.17. The fraction of sp³-hybridized carbons (Fsp3) is 0.0714. The molecular formula is C14H11ClN2O. The minimum Gasteiger partial charge on any atom is -0.423 e. The average molecular weight is 259 g/mol. The van der Waals surface area contributed by atoms with E-state index < -0.39 is 0 Å². The first-order chi connectivity index (χ1) is 8.86. The summed E-state index contributed by atoms with van der Waals surface area (Å²) in [7, 11) is 0. The summed E-state index contributed by atoms with van der Waals surface area (Å²) >= 11 is 5.89. The first-order valence-electron chi connectivity index (χ1n) is 5.63. The number of halogens is 1. The summed E-state index contributed by atoms with van der Waals surface area (Å²) in [6.07, 6.45) is 0. The Morgan fingerprint density at radius 3 is 2.67 bits per heavy atom. The van der Waals surface area contributed by atoms with Gasteiger partial charge in [-0.25, -0.2) is 0 Å². The first-order valence-corrected chi connectivity index (χ1v) is 6.17. The molecule has 0 aliphatic heterocycles. The molecule has 90 valence electrons. The normalized spacial score (nSPS) is 10.7. The second-order valence-corrected chi connectivity index (χ2v) is 4.17. The number of oxazole rings is 1. The molecule has 18 heavy (non-hydrogen) atoms. The van der Waals surface area contributed by atoms with Crippen LogP contribution in [0.4, 0.5) is 11.7 Å². The zero-order chi connectivity index (χ0) is 12.4. The third kappa shape index (κ3) is 2.05. The van der Waals surface area contributed by atoms with Gasteiger partial charge in [-0.15, -0.1) is 11.6 Å². The van der Waals surface area contributed by atoms with Crippen LogP contribution in [-0.2, 0) is 5.88 Å². The summed E-state index contributed by atoms with van der Waals surface area (Å²) in [5.74, 6) is 0.448. The molecule has 0 saturated carbocycles. The molecule has 3 aromatic rings. The van der Waals surface area contributed by atoms with E-state index in [9.17, 15) is 0 Å². The van der Waals surface area contributed by atoms with Crippen LogP contribution in [0.3, 0.4) is 0 Å². The van der Waals surface area contributed by atoms with Crippen LogP contribution in [0, 0.1) is 0 Å². The van der Waals surface area contributed by atoms with Crippen molar-refractivity contribution in [3.63, 3.8) is 0 Å². The molecule has 1 heterocycles. The highest BCUT2D eigenvalue weighted by Crippen LogP contribution is 2.24. The second kappa shape index (κ2) is 4.70. The highest BCUT2D eigenvalue weighted by Gasteiger charge is 2.07. The quantitative estimate of drug-likeness (QED) is 0.712. The summed E-state index contributed by atoms with van der Waals surface area (Å²) < 4.78 is 5.61. The maximum Gasteiger partial charge on any atom is 0.300 e. The lowest BCUT2D eigenvalue weighted by Crippen LogP contribution is -1.94. The number of aromatic nitrogens is 1. The Morgan fingerprint density at radius 2 is 1.83 bits per heavy atom. The molecule has 0 amide bonds. The van der Waals surface area contributed by atoms with E-state index in [1.807, 2.05) is 48.5 Å². The van der Waals surface area contributed by atoms with Crippen molar-refractivity contribution in [1.29, 1.82) is 0 Å². The molecule has 0 fully saturated rings. The van der Waals surface area contributed by atoms with Crippen molar-refractivity contribution < 1.29 is 4.42 Å². The Labute approximate surface area is 109 Å². The standard InChI is InChI=1S/C14H11ClN2O/c15-9-10-5-1-2-6-11(10)16-14-17-12-7-3-4-8-13(12)18-14/h1-8H,9H2,(H,16,17). The zero-order valence-corrected chi connectivity index (χ0v) is 10.3. The van der Waals surface area contributed by atoms with Crippen LogP contribution in [0.2, 0.25) is 0 Å². The number of hydrogen-bond acceptors (Lipinski definition) is 3. The van der Waals surface area contributed by atoms with Crippen LogP contribution >= 0.6 is 11.6 Å². The number of nitrogens with zero attached hydrogens (tertiary/aromatic N) is 1. The van der Waals surface area contributed by atoms with Crippen molar-refractivity contribution in [3.8, 4) is 0 Å². The number of fused-ring (bicyclic) bond motifs is 1. The zero-order valence-electron chi connectivity index (χ0n) is 9.56. The van der Waals surface area contributed by atoms with E-state index in [0.717, 1.165) is 22.4 Å². The minimum absolute atomic E-state index is 0.448. The van der Waals surface area contributed by atoms with Gasteiger partial charge in [0.25, 0.3) is 6.01 Å². The van der Waals surface area contributed by atoms with E-state index in [-0.39, 0.29) is 0 Å². The van der Waals surface area contributed by atoms with Gasteiger partial charge in [0.1, 0.15) is 5.52 Å². The largest absolute Gasteiger partial charge is 0.423 e. The molecule has 0 unspecified atom stereocenters. The fourth-order valence-corrected chi connectivity index (χ4v) is 2.03. The van der Waals surface area contributed by atoms with Gasteiger partial charge in [-0.3, -0.25) is 0 Å². The van der Waals surface area contributed by atoms with E-state index >= 15 is 0 Å². The predicted octanol–water partition coefficient (Wildman–Crippen LogP) is 4.31. The van der Waals surface area contributed by atoms with Crippen molar-refractivity contribution in [1.82, 2.24) is 4.98 Å². The summed E-state index contributed by atoms with van der Waals surface area (Å²) in [5.41, 5.74) is 3.53. The number of benzene rings is 2. The molecule has 0 atom stereocenters. The molecule has 1 N–H and O–H groups in total. The number of hydrogen-bond donors (Lipinski definition) is 1. The number of anilines is 2. The van der Waals surface area contributed by atoms with Crippen LogP contribution in [0.1, 0.15) is 5.56 Å². The van der Waals surface area contributed by atoms with E-state index in [1.165, 1.54) is 0 Å². The minimum atomic E-state index is 0.448. The maximum atomic E-state index is 5.89. The fourth-order valence-electron chi connectivity index (χ4n) is 1.80. The van der Waals surface area contributed by atoms with Gasteiger partial charge in [-0.2, -0.15) is 4.98 Å². The molecule has 3 nitrogen and oxygen atoms in total. The molecule has 0 aliphatic carbocycles. The van der Waals surface area contributed by atoms with Gasteiger partial charge in [-0.05, 0) is 23.8 Å². The van der Waals surface area contributed by atoms with Gasteiger partial charge in [0.05, 0.1) is 0 Å². The number of rotatable bonds is 3. The molecule has 2 aromatic carbocycles. The van der Waals surface area contributed by atoms with Gasteiger partial charge >= 0.3 is 0 Å². The summed E-state index contributed by atoms with van der Waals surface area (Å²) in [5, 5.41) is 3.15. The van der Waals surface area contributed by atoms with E-state index in [1.54, 1.807) is 0 Å². The molecule has 0 radical (unpaired) electrons.